The van der Waals surface area contributed by atoms with Crippen LogP contribution in [0.5, 0.6) is 0 Å². The van der Waals surface area contributed by atoms with Crippen molar-refractivity contribution in [3.63, 3.8) is 0 Å². The van der Waals surface area contributed by atoms with E-state index in [0.717, 1.165) is 18.5 Å². The number of rotatable bonds is 6. The van der Waals surface area contributed by atoms with E-state index in [0.29, 0.717) is 11.4 Å². The van der Waals surface area contributed by atoms with Crippen LogP contribution in [0.4, 0.5) is 5.69 Å². The van der Waals surface area contributed by atoms with Crippen molar-refractivity contribution in [2.24, 2.45) is 5.73 Å². The summed E-state index contributed by atoms with van der Waals surface area (Å²) >= 11 is 0. The van der Waals surface area contributed by atoms with Crippen molar-refractivity contribution in [2.45, 2.75) is 43.2 Å². The summed E-state index contributed by atoms with van der Waals surface area (Å²) in [5.74, 6) is 0. The summed E-state index contributed by atoms with van der Waals surface area (Å²) in [6.07, 6.45) is 1.87. The van der Waals surface area contributed by atoms with Gasteiger partial charge in [-0.2, -0.15) is 0 Å². The van der Waals surface area contributed by atoms with Gasteiger partial charge in [0.25, 0.3) is 0 Å². The Morgan fingerprint density at radius 2 is 1.84 bits per heavy atom. The molecule has 1 aliphatic rings. The monoisotopic (exact) mass is 283 g/mol. The lowest BCUT2D eigenvalue weighted by atomic mass is 10.1. The van der Waals surface area contributed by atoms with E-state index in [4.69, 9.17) is 5.73 Å². The highest BCUT2D eigenvalue weighted by molar-refractivity contribution is 7.89. The third-order valence-electron chi connectivity index (χ3n) is 2.81. The Kier molecular flexibility index (Phi) is 3.85. The van der Waals surface area contributed by atoms with Crippen molar-refractivity contribution in [3.05, 3.63) is 24.3 Å². The standard InChI is InChI=1S/C13H21N3O2S/c1-13(2,14)9-15-10-5-7-12(8-6-10)19(17,18)16-11-3-4-11/h5-8,11,15-16H,3-4,9,14H2,1-2H3. The van der Waals surface area contributed by atoms with E-state index in [1.54, 1.807) is 24.3 Å². The topological polar surface area (TPSA) is 84.2 Å². The fraction of sp³-hybridized carbons (Fsp3) is 0.538. The molecule has 1 fully saturated rings. The summed E-state index contributed by atoms with van der Waals surface area (Å²) in [4.78, 5) is 0.303. The first-order valence-electron chi connectivity index (χ1n) is 6.41. The van der Waals surface area contributed by atoms with E-state index >= 15 is 0 Å². The van der Waals surface area contributed by atoms with Crippen molar-refractivity contribution in [3.8, 4) is 0 Å². The van der Waals surface area contributed by atoms with Crippen LogP contribution in [0.1, 0.15) is 26.7 Å². The zero-order chi connectivity index (χ0) is 14.1. The SMILES string of the molecule is CC(C)(N)CNc1ccc(S(=O)(=O)NC2CC2)cc1. The number of nitrogens with one attached hydrogen (secondary N) is 2. The highest BCUT2D eigenvalue weighted by Gasteiger charge is 2.27. The smallest absolute Gasteiger partial charge is 0.240 e. The lowest BCUT2D eigenvalue weighted by Gasteiger charge is -2.19. The molecule has 0 bridgehead atoms. The molecule has 0 atom stereocenters. The predicted molar refractivity (Wildman–Crippen MR) is 76.5 cm³/mol. The molecule has 1 saturated carbocycles. The van der Waals surface area contributed by atoms with Gasteiger partial charge in [-0.1, -0.05) is 0 Å². The summed E-state index contributed by atoms with van der Waals surface area (Å²) in [6, 6.07) is 6.86. The number of nitrogens with two attached hydrogens (primary N) is 1. The average Bonchev–Trinajstić information content (AvgIpc) is 3.09. The van der Waals surface area contributed by atoms with Crippen LogP contribution in [0.25, 0.3) is 0 Å². The third kappa shape index (κ3) is 4.49. The van der Waals surface area contributed by atoms with E-state index in [9.17, 15) is 8.42 Å². The van der Waals surface area contributed by atoms with Crippen molar-refractivity contribution in [1.82, 2.24) is 4.72 Å². The van der Waals surface area contributed by atoms with Crippen LogP contribution in [0.15, 0.2) is 29.2 Å². The second kappa shape index (κ2) is 5.11. The van der Waals surface area contributed by atoms with Crippen LogP contribution in [-0.4, -0.2) is 26.5 Å². The maximum Gasteiger partial charge on any atom is 0.240 e. The second-order valence-corrected chi connectivity index (χ2v) is 7.48. The van der Waals surface area contributed by atoms with Gasteiger partial charge in [-0.25, -0.2) is 13.1 Å². The van der Waals surface area contributed by atoms with Crippen LogP contribution in [-0.2, 0) is 10.0 Å². The molecule has 1 aromatic rings. The van der Waals surface area contributed by atoms with Crippen LogP contribution < -0.4 is 15.8 Å². The molecule has 0 amide bonds. The van der Waals surface area contributed by atoms with Gasteiger partial charge in [0.2, 0.25) is 10.0 Å². The molecular weight excluding hydrogens is 262 g/mol. The molecule has 4 N–H and O–H groups in total. The minimum atomic E-state index is -3.36. The number of sulfonamides is 1. The van der Waals surface area contributed by atoms with Crippen molar-refractivity contribution in [2.75, 3.05) is 11.9 Å². The van der Waals surface area contributed by atoms with Crippen LogP contribution >= 0.6 is 0 Å². The van der Waals surface area contributed by atoms with Crippen LogP contribution in [0.2, 0.25) is 0 Å². The summed E-state index contributed by atoms with van der Waals surface area (Å²) in [5.41, 5.74) is 6.43. The first-order chi connectivity index (χ1) is 8.76. The Hall–Kier alpha value is -1.11. The van der Waals surface area contributed by atoms with Gasteiger partial charge in [-0.15, -0.1) is 0 Å². The third-order valence-corrected chi connectivity index (χ3v) is 4.35. The fourth-order valence-corrected chi connectivity index (χ4v) is 2.88. The maximum absolute atomic E-state index is 12.0. The second-order valence-electron chi connectivity index (χ2n) is 5.76. The Morgan fingerprint density at radius 1 is 1.26 bits per heavy atom. The Bertz CT molecular complexity index is 528. The lowest BCUT2D eigenvalue weighted by Crippen LogP contribution is -2.39. The predicted octanol–water partition coefficient (Wildman–Crippen LogP) is 1.28. The zero-order valence-electron chi connectivity index (χ0n) is 11.3. The van der Waals surface area contributed by atoms with E-state index < -0.39 is 10.0 Å². The van der Waals surface area contributed by atoms with Gasteiger partial charge in [0.05, 0.1) is 4.90 Å². The molecule has 6 heteroatoms. The number of hydrogen-bond donors (Lipinski definition) is 3. The quantitative estimate of drug-likeness (QED) is 0.734. The Morgan fingerprint density at radius 3 is 2.32 bits per heavy atom. The molecule has 0 aliphatic heterocycles. The van der Waals surface area contributed by atoms with E-state index in [2.05, 4.69) is 10.0 Å². The Labute approximate surface area is 114 Å². The molecule has 0 heterocycles. The van der Waals surface area contributed by atoms with Gasteiger partial charge in [0, 0.05) is 23.8 Å². The highest BCUT2D eigenvalue weighted by atomic mass is 32.2. The molecule has 0 aromatic heterocycles. The minimum Gasteiger partial charge on any atom is -0.383 e. The van der Waals surface area contributed by atoms with Gasteiger partial charge < -0.3 is 11.1 Å². The number of benzene rings is 1. The minimum absolute atomic E-state index is 0.126. The van der Waals surface area contributed by atoms with E-state index in [1.807, 2.05) is 13.8 Å². The van der Waals surface area contributed by atoms with Gasteiger partial charge in [-0.3, -0.25) is 0 Å². The van der Waals surface area contributed by atoms with Crippen LogP contribution in [0, 0.1) is 0 Å². The van der Waals surface area contributed by atoms with Gasteiger partial charge >= 0.3 is 0 Å². The Balaban J connectivity index is 2.01. The first-order valence-corrected chi connectivity index (χ1v) is 7.90. The molecule has 0 spiro atoms. The van der Waals surface area contributed by atoms with Crippen LogP contribution in [0.3, 0.4) is 0 Å². The molecule has 5 nitrogen and oxygen atoms in total. The number of hydrogen-bond acceptors (Lipinski definition) is 4. The van der Waals surface area contributed by atoms with Gasteiger partial charge in [0.15, 0.2) is 0 Å². The molecule has 106 valence electrons. The molecular formula is C13H21N3O2S. The highest BCUT2D eigenvalue weighted by Crippen LogP contribution is 2.22. The molecule has 2 rings (SSSR count). The molecule has 1 aliphatic carbocycles. The fourth-order valence-electron chi connectivity index (χ4n) is 1.57. The molecule has 1 aromatic carbocycles. The normalized spacial score (nSPS) is 16.4. The van der Waals surface area contributed by atoms with Gasteiger partial charge in [-0.05, 0) is 51.0 Å². The molecule has 0 saturated heterocycles. The van der Waals surface area contributed by atoms with Crippen molar-refractivity contribution < 1.29 is 8.42 Å². The van der Waals surface area contributed by atoms with E-state index in [1.165, 1.54) is 0 Å². The van der Waals surface area contributed by atoms with Crippen molar-refractivity contribution in [1.29, 1.82) is 0 Å². The summed E-state index contributed by atoms with van der Waals surface area (Å²) in [7, 11) is -3.36. The zero-order valence-corrected chi connectivity index (χ0v) is 12.1. The van der Waals surface area contributed by atoms with Crippen molar-refractivity contribution >= 4 is 15.7 Å². The molecule has 0 radical (unpaired) electrons. The lowest BCUT2D eigenvalue weighted by molar-refractivity contribution is 0.549. The van der Waals surface area contributed by atoms with E-state index in [-0.39, 0.29) is 11.6 Å². The summed E-state index contributed by atoms with van der Waals surface area (Å²) < 4.78 is 26.6. The summed E-state index contributed by atoms with van der Waals surface area (Å²) in [5, 5.41) is 3.18. The van der Waals surface area contributed by atoms with Gasteiger partial charge in [0.1, 0.15) is 0 Å². The maximum atomic E-state index is 12.0. The number of anilines is 1. The molecule has 0 unspecified atom stereocenters. The molecule has 19 heavy (non-hydrogen) atoms. The average molecular weight is 283 g/mol. The first kappa shape index (κ1) is 14.3. The largest absolute Gasteiger partial charge is 0.383 e. The summed E-state index contributed by atoms with van der Waals surface area (Å²) in [6.45, 7) is 4.48.